The fourth-order valence-corrected chi connectivity index (χ4v) is 5.64. The number of benzene rings is 2. The topological polar surface area (TPSA) is 116 Å². The number of halogens is 1. The maximum Gasteiger partial charge on any atom is 0.254 e. The minimum Gasteiger partial charge on any atom is -0.497 e. The molecule has 0 aliphatic carbocycles. The van der Waals surface area contributed by atoms with E-state index in [0.29, 0.717) is 60.2 Å². The molecule has 0 N–H and O–H groups in total. The molecule has 0 saturated carbocycles. The fraction of sp³-hybridized carbons (Fsp3) is 0.367. The predicted molar refractivity (Wildman–Crippen MR) is 155 cm³/mol. The second kappa shape index (κ2) is 11.9. The molecule has 12 heteroatoms. The predicted octanol–water partition coefficient (Wildman–Crippen LogP) is 4.85. The van der Waals surface area contributed by atoms with Crippen LogP contribution < -0.4 is 14.4 Å². The number of hydrogen-bond acceptors (Lipinski definition) is 10. The summed E-state index contributed by atoms with van der Waals surface area (Å²) in [7, 11) is 3.28. The molecule has 1 saturated heterocycles. The van der Waals surface area contributed by atoms with Crippen molar-refractivity contribution in [1.82, 2.24) is 25.0 Å². The number of anilines is 1. The minimum atomic E-state index is -0.102. The second-order valence-electron chi connectivity index (χ2n) is 10.3. The molecule has 1 fully saturated rings. The number of hydrogen-bond donors (Lipinski definition) is 0. The van der Waals surface area contributed by atoms with E-state index in [-0.39, 0.29) is 18.5 Å². The first-order valence-electron chi connectivity index (χ1n) is 13.7. The summed E-state index contributed by atoms with van der Waals surface area (Å²) in [5.41, 5.74) is 3.80. The fourth-order valence-electron chi connectivity index (χ4n) is 5.44. The van der Waals surface area contributed by atoms with Crippen LogP contribution in [0.25, 0.3) is 11.3 Å². The van der Waals surface area contributed by atoms with Crippen molar-refractivity contribution in [3.05, 3.63) is 76.0 Å². The van der Waals surface area contributed by atoms with Crippen molar-refractivity contribution in [2.75, 3.05) is 32.3 Å². The Balaban J connectivity index is 1.31. The van der Waals surface area contributed by atoms with Gasteiger partial charge in [0.05, 0.1) is 37.7 Å². The Bertz CT molecular complexity index is 1610. The molecule has 0 atom stereocenters. The van der Waals surface area contributed by atoms with Gasteiger partial charge >= 0.3 is 0 Å². The molecule has 4 aromatic rings. The lowest BCUT2D eigenvalue weighted by Crippen LogP contribution is -2.40. The first kappa shape index (κ1) is 27.9. The highest BCUT2D eigenvalue weighted by Gasteiger charge is 2.30. The summed E-state index contributed by atoms with van der Waals surface area (Å²) < 4.78 is 21.8. The van der Waals surface area contributed by atoms with Gasteiger partial charge in [-0.3, -0.25) is 4.79 Å². The van der Waals surface area contributed by atoms with Crippen LogP contribution in [0.3, 0.4) is 0 Å². The zero-order chi connectivity index (χ0) is 29.2. The van der Waals surface area contributed by atoms with Crippen LogP contribution in [-0.4, -0.2) is 64.4 Å². The molecule has 42 heavy (non-hydrogen) atoms. The van der Waals surface area contributed by atoms with Crippen LogP contribution in [-0.2, 0) is 24.4 Å². The number of carbonyl (C=O) groups excluding carboxylic acids is 1. The van der Waals surface area contributed by atoms with Crippen LogP contribution in [0.1, 0.15) is 46.0 Å². The number of carbonyl (C=O) groups is 1. The lowest BCUT2D eigenvalue weighted by molar-refractivity contribution is 0.0761. The van der Waals surface area contributed by atoms with Crippen molar-refractivity contribution in [3.8, 4) is 22.8 Å². The average Bonchev–Trinajstić information content (AvgIpc) is 3.57. The second-order valence-corrected chi connectivity index (χ2v) is 10.7. The monoisotopic (exact) mass is 590 g/mol. The largest absolute Gasteiger partial charge is 0.497 e. The lowest BCUT2D eigenvalue weighted by atomic mass is 10.0. The molecule has 0 unspecified atom stereocenters. The van der Waals surface area contributed by atoms with Gasteiger partial charge in [-0.05, 0) is 36.6 Å². The Kier molecular flexibility index (Phi) is 7.94. The van der Waals surface area contributed by atoms with Gasteiger partial charge < -0.3 is 28.5 Å². The third-order valence-corrected chi connectivity index (χ3v) is 7.90. The zero-order valence-electron chi connectivity index (χ0n) is 23.7. The molecule has 0 bridgehead atoms. The van der Waals surface area contributed by atoms with Crippen LogP contribution in [0.15, 0.2) is 47.1 Å². The van der Waals surface area contributed by atoms with Crippen molar-refractivity contribution < 1.29 is 23.5 Å². The Morgan fingerprint density at radius 2 is 1.93 bits per heavy atom. The Hall–Kier alpha value is -4.22. The highest BCUT2D eigenvalue weighted by Crippen LogP contribution is 2.34. The summed E-state index contributed by atoms with van der Waals surface area (Å²) in [6.07, 6.45) is 3.29. The standard InChI is InChI=1S/C30H31ClN6O5/c1-18-33-27(35-42-18)17-36-15-20-5-4-19(12-24(20)29(36)38)28-25(31)14-32-30(34-28)37(22-8-10-41-11-9-22)16-21-6-7-23(39-2)13-26(21)40-3/h4-7,12-14,22H,8-11,15-17H2,1-3H3. The SMILES string of the molecule is COc1ccc(CN(c2ncc(Cl)c(-c3ccc4c(c3)C(=O)N(Cc3noc(C)n3)C4)n2)C2CCOCC2)c(OC)c1. The number of aryl methyl sites for hydroxylation is 1. The van der Waals surface area contributed by atoms with E-state index >= 15 is 0 Å². The van der Waals surface area contributed by atoms with E-state index in [0.717, 1.165) is 41.0 Å². The minimum absolute atomic E-state index is 0.102. The van der Waals surface area contributed by atoms with Gasteiger partial charge in [-0.25, -0.2) is 9.97 Å². The van der Waals surface area contributed by atoms with E-state index < -0.39 is 0 Å². The molecule has 218 valence electrons. The van der Waals surface area contributed by atoms with Crippen LogP contribution in [0.2, 0.25) is 5.02 Å². The van der Waals surface area contributed by atoms with Gasteiger partial charge in [0.1, 0.15) is 11.5 Å². The van der Waals surface area contributed by atoms with Crippen LogP contribution in [0.5, 0.6) is 11.5 Å². The van der Waals surface area contributed by atoms with Crippen molar-refractivity contribution >= 4 is 23.5 Å². The first-order chi connectivity index (χ1) is 20.4. The van der Waals surface area contributed by atoms with Crippen molar-refractivity contribution in [2.24, 2.45) is 0 Å². The number of nitrogens with zero attached hydrogens (tertiary/aromatic N) is 6. The van der Waals surface area contributed by atoms with Gasteiger partial charge in [-0.1, -0.05) is 28.9 Å². The lowest BCUT2D eigenvalue weighted by Gasteiger charge is -2.35. The molecule has 1 amide bonds. The average molecular weight is 591 g/mol. The van der Waals surface area contributed by atoms with Crippen LogP contribution in [0, 0.1) is 6.92 Å². The van der Waals surface area contributed by atoms with E-state index in [1.165, 1.54) is 0 Å². The van der Waals surface area contributed by atoms with Crippen LogP contribution >= 0.6 is 11.6 Å². The van der Waals surface area contributed by atoms with E-state index in [2.05, 4.69) is 20.0 Å². The molecule has 4 heterocycles. The Labute approximate surface area is 248 Å². The highest BCUT2D eigenvalue weighted by atomic mass is 35.5. The number of fused-ring (bicyclic) bond motifs is 1. The molecule has 0 spiro atoms. The molecular weight excluding hydrogens is 560 g/mol. The Morgan fingerprint density at radius 3 is 2.67 bits per heavy atom. The zero-order valence-corrected chi connectivity index (χ0v) is 24.4. The Morgan fingerprint density at radius 1 is 1.10 bits per heavy atom. The quantitative estimate of drug-likeness (QED) is 0.268. The van der Waals surface area contributed by atoms with Gasteiger partial charge in [-0.2, -0.15) is 4.98 Å². The maximum absolute atomic E-state index is 13.3. The van der Waals surface area contributed by atoms with Crippen molar-refractivity contribution in [1.29, 1.82) is 0 Å². The first-order valence-corrected chi connectivity index (χ1v) is 14.1. The number of amides is 1. The summed E-state index contributed by atoms with van der Waals surface area (Å²) in [5, 5.41) is 4.33. The maximum atomic E-state index is 13.3. The molecular formula is C30H31ClN6O5. The van der Waals surface area contributed by atoms with Gasteiger partial charge in [0.25, 0.3) is 5.91 Å². The number of methoxy groups -OCH3 is 2. The number of rotatable bonds is 9. The summed E-state index contributed by atoms with van der Waals surface area (Å²) in [5.74, 6) is 2.81. The highest BCUT2D eigenvalue weighted by molar-refractivity contribution is 6.33. The van der Waals surface area contributed by atoms with Crippen LogP contribution in [0.4, 0.5) is 5.95 Å². The number of aromatic nitrogens is 4. The molecule has 2 aromatic carbocycles. The molecule has 6 rings (SSSR count). The van der Waals surface area contributed by atoms with Gasteiger partial charge in [0.2, 0.25) is 11.8 Å². The van der Waals surface area contributed by atoms with Gasteiger partial charge in [0, 0.05) is 62.0 Å². The van der Waals surface area contributed by atoms with E-state index in [9.17, 15) is 4.79 Å². The summed E-state index contributed by atoms with van der Waals surface area (Å²) in [6, 6.07) is 11.7. The summed E-state index contributed by atoms with van der Waals surface area (Å²) >= 11 is 6.67. The van der Waals surface area contributed by atoms with E-state index in [4.69, 9.17) is 35.3 Å². The van der Waals surface area contributed by atoms with Crippen molar-refractivity contribution in [2.45, 2.75) is 45.4 Å². The van der Waals surface area contributed by atoms with Gasteiger partial charge in [0.15, 0.2) is 5.82 Å². The van der Waals surface area contributed by atoms with Crippen molar-refractivity contribution in [3.63, 3.8) is 0 Å². The van der Waals surface area contributed by atoms with E-state index in [1.54, 1.807) is 32.2 Å². The molecule has 2 aliphatic rings. The van der Waals surface area contributed by atoms with E-state index in [1.807, 2.05) is 36.4 Å². The number of ether oxygens (including phenoxy) is 3. The molecule has 2 aromatic heterocycles. The molecule has 2 aliphatic heterocycles. The third kappa shape index (κ3) is 5.62. The smallest absolute Gasteiger partial charge is 0.254 e. The summed E-state index contributed by atoms with van der Waals surface area (Å²) in [4.78, 5) is 31.0. The molecule has 0 radical (unpaired) electrons. The third-order valence-electron chi connectivity index (χ3n) is 7.62. The molecule has 11 nitrogen and oxygen atoms in total. The summed E-state index contributed by atoms with van der Waals surface area (Å²) in [6.45, 7) is 4.30. The normalized spacial score (nSPS) is 15.1. The van der Waals surface area contributed by atoms with Gasteiger partial charge in [-0.15, -0.1) is 0 Å².